The molecule has 1 aliphatic carbocycles. The van der Waals surface area contributed by atoms with Crippen LogP contribution in [0.2, 0.25) is 5.02 Å². The van der Waals surface area contributed by atoms with Crippen molar-refractivity contribution in [2.24, 2.45) is 5.92 Å². The van der Waals surface area contributed by atoms with E-state index in [2.05, 4.69) is 5.32 Å². The number of hydrogen-bond acceptors (Lipinski definition) is 3. The summed E-state index contributed by atoms with van der Waals surface area (Å²) in [5, 5.41) is 13.9. The van der Waals surface area contributed by atoms with Crippen LogP contribution in [0.4, 0.5) is 5.69 Å². The SMILES string of the molecule is CC(NC(=O)c1ccc(Cl)cc1[N+](=O)[O-])C1CC1. The molecule has 6 heteroatoms. The van der Waals surface area contributed by atoms with Crippen molar-refractivity contribution in [2.75, 3.05) is 0 Å². The van der Waals surface area contributed by atoms with Crippen LogP contribution in [-0.4, -0.2) is 16.9 Å². The predicted octanol–water partition coefficient (Wildman–Crippen LogP) is 2.78. The number of halogens is 1. The lowest BCUT2D eigenvalue weighted by Crippen LogP contribution is -2.34. The average molecular weight is 269 g/mol. The topological polar surface area (TPSA) is 72.2 Å². The lowest BCUT2D eigenvalue weighted by molar-refractivity contribution is -0.385. The average Bonchev–Trinajstić information content (AvgIpc) is 3.12. The van der Waals surface area contributed by atoms with Crippen LogP contribution in [0.1, 0.15) is 30.1 Å². The second-order valence-corrected chi connectivity index (χ2v) is 4.95. The third kappa shape index (κ3) is 2.79. The summed E-state index contributed by atoms with van der Waals surface area (Å²) in [6.45, 7) is 1.91. The highest BCUT2D eigenvalue weighted by atomic mass is 35.5. The van der Waals surface area contributed by atoms with Crippen molar-refractivity contribution in [3.63, 3.8) is 0 Å². The van der Waals surface area contributed by atoms with Gasteiger partial charge in [0.2, 0.25) is 0 Å². The minimum atomic E-state index is -0.595. The number of nitro groups is 1. The molecule has 96 valence electrons. The smallest absolute Gasteiger partial charge is 0.283 e. The molecule has 1 unspecified atom stereocenters. The van der Waals surface area contributed by atoms with Gasteiger partial charge in [0.15, 0.2) is 0 Å². The monoisotopic (exact) mass is 268 g/mol. The van der Waals surface area contributed by atoms with Crippen molar-refractivity contribution in [1.82, 2.24) is 5.32 Å². The van der Waals surface area contributed by atoms with Gasteiger partial charge in [0.1, 0.15) is 5.56 Å². The van der Waals surface area contributed by atoms with Gasteiger partial charge in [-0.15, -0.1) is 0 Å². The van der Waals surface area contributed by atoms with Gasteiger partial charge >= 0.3 is 0 Å². The summed E-state index contributed by atoms with van der Waals surface area (Å²) >= 11 is 5.70. The first-order valence-corrected chi connectivity index (χ1v) is 6.11. The molecule has 18 heavy (non-hydrogen) atoms. The molecular weight excluding hydrogens is 256 g/mol. The van der Waals surface area contributed by atoms with E-state index < -0.39 is 10.8 Å². The van der Waals surface area contributed by atoms with Gasteiger partial charge in [-0.1, -0.05) is 11.6 Å². The molecule has 0 spiro atoms. The van der Waals surface area contributed by atoms with Crippen molar-refractivity contribution in [3.8, 4) is 0 Å². The minimum Gasteiger partial charge on any atom is -0.349 e. The van der Waals surface area contributed by atoms with E-state index in [1.54, 1.807) is 0 Å². The van der Waals surface area contributed by atoms with Crippen LogP contribution in [0.15, 0.2) is 18.2 Å². The summed E-state index contributed by atoms with van der Waals surface area (Å²) in [5.74, 6) is 0.0815. The fourth-order valence-corrected chi connectivity index (χ4v) is 2.01. The highest BCUT2D eigenvalue weighted by molar-refractivity contribution is 6.31. The molecule has 0 radical (unpaired) electrons. The van der Waals surface area contributed by atoms with Crippen LogP contribution in [0.5, 0.6) is 0 Å². The zero-order valence-electron chi connectivity index (χ0n) is 9.85. The molecule has 0 bridgehead atoms. The normalized spacial score (nSPS) is 16.1. The maximum absolute atomic E-state index is 12.0. The van der Waals surface area contributed by atoms with E-state index in [9.17, 15) is 14.9 Å². The third-order valence-electron chi connectivity index (χ3n) is 3.09. The van der Waals surface area contributed by atoms with Crippen molar-refractivity contribution in [1.29, 1.82) is 0 Å². The van der Waals surface area contributed by atoms with Gasteiger partial charge in [-0.2, -0.15) is 0 Å². The fraction of sp³-hybridized carbons (Fsp3) is 0.417. The van der Waals surface area contributed by atoms with E-state index in [1.807, 2.05) is 6.92 Å². The highest BCUT2D eigenvalue weighted by Crippen LogP contribution is 2.32. The quantitative estimate of drug-likeness (QED) is 0.674. The minimum absolute atomic E-state index is 0.0489. The highest BCUT2D eigenvalue weighted by Gasteiger charge is 2.30. The molecule has 1 fully saturated rings. The molecule has 2 rings (SSSR count). The maximum Gasteiger partial charge on any atom is 0.283 e. The summed E-state index contributed by atoms with van der Waals surface area (Å²) in [7, 11) is 0. The summed E-state index contributed by atoms with van der Waals surface area (Å²) in [5.41, 5.74) is -0.208. The molecule has 1 aromatic rings. The molecule has 1 aromatic carbocycles. The first-order valence-electron chi connectivity index (χ1n) is 5.74. The van der Waals surface area contributed by atoms with Gasteiger partial charge in [0.05, 0.1) is 4.92 Å². The molecular formula is C12H13ClN2O3. The maximum atomic E-state index is 12.0. The molecule has 5 nitrogen and oxygen atoms in total. The largest absolute Gasteiger partial charge is 0.349 e. The van der Waals surface area contributed by atoms with E-state index in [-0.39, 0.29) is 22.3 Å². The van der Waals surface area contributed by atoms with Crippen LogP contribution < -0.4 is 5.32 Å². The third-order valence-corrected chi connectivity index (χ3v) is 3.32. The molecule has 0 aliphatic heterocycles. The lowest BCUT2D eigenvalue weighted by atomic mass is 10.1. The summed E-state index contributed by atoms with van der Waals surface area (Å²) < 4.78 is 0. The van der Waals surface area contributed by atoms with Gasteiger partial charge in [-0.25, -0.2) is 0 Å². The van der Waals surface area contributed by atoms with E-state index in [0.29, 0.717) is 5.92 Å². The standard InChI is InChI=1S/C12H13ClN2O3/c1-7(8-2-3-8)14-12(16)10-5-4-9(13)6-11(10)15(17)18/h4-8H,2-3H2,1H3,(H,14,16). The van der Waals surface area contributed by atoms with Gasteiger partial charge in [-0.3, -0.25) is 14.9 Å². The van der Waals surface area contributed by atoms with Crippen molar-refractivity contribution >= 4 is 23.2 Å². The number of nitro benzene ring substituents is 1. The fourth-order valence-electron chi connectivity index (χ4n) is 1.85. The predicted molar refractivity (Wildman–Crippen MR) is 67.8 cm³/mol. The second kappa shape index (κ2) is 4.94. The Balaban J connectivity index is 2.20. The molecule has 1 aliphatic rings. The Bertz CT molecular complexity index is 500. The van der Waals surface area contributed by atoms with Crippen molar-refractivity contribution < 1.29 is 9.72 Å². The number of hydrogen-bond donors (Lipinski definition) is 1. The Morgan fingerprint density at radius 2 is 2.22 bits per heavy atom. The first-order chi connectivity index (χ1) is 8.49. The Labute approximate surface area is 109 Å². The molecule has 0 heterocycles. The van der Waals surface area contributed by atoms with E-state index >= 15 is 0 Å². The summed E-state index contributed by atoms with van der Waals surface area (Å²) in [6, 6.07) is 4.10. The van der Waals surface area contributed by atoms with Crippen molar-refractivity contribution in [3.05, 3.63) is 38.9 Å². The van der Waals surface area contributed by atoms with Gasteiger partial charge < -0.3 is 5.32 Å². The van der Waals surface area contributed by atoms with Gasteiger partial charge in [-0.05, 0) is 37.8 Å². The summed E-state index contributed by atoms with van der Waals surface area (Å²) in [4.78, 5) is 22.2. The number of rotatable bonds is 4. The van der Waals surface area contributed by atoms with E-state index in [1.165, 1.54) is 18.2 Å². The molecule has 1 saturated carbocycles. The Morgan fingerprint density at radius 1 is 1.56 bits per heavy atom. The first kappa shape index (κ1) is 12.8. The molecule has 1 amide bonds. The number of amides is 1. The Kier molecular flexibility index (Phi) is 3.52. The van der Waals surface area contributed by atoms with Crippen LogP contribution in [0, 0.1) is 16.0 Å². The lowest BCUT2D eigenvalue weighted by Gasteiger charge is -2.12. The zero-order valence-corrected chi connectivity index (χ0v) is 10.6. The zero-order chi connectivity index (χ0) is 13.3. The van der Waals surface area contributed by atoms with Gasteiger partial charge in [0.25, 0.3) is 11.6 Å². The van der Waals surface area contributed by atoms with Crippen molar-refractivity contribution in [2.45, 2.75) is 25.8 Å². The molecule has 0 saturated heterocycles. The number of nitrogens with one attached hydrogen (secondary N) is 1. The van der Waals surface area contributed by atoms with E-state index in [0.717, 1.165) is 12.8 Å². The van der Waals surface area contributed by atoms with Crippen LogP contribution >= 0.6 is 11.6 Å². The van der Waals surface area contributed by atoms with Gasteiger partial charge in [0, 0.05) is 17.1 Å². The molecule has 0 aromatic heterocycles. The van der Waals surface area contributed by atoms with Crippen LogP contribution in [0.25, 0.3) is 0 Å². The van der Waals surface area contributed by atoms with Crippen LogP contribution in [-0.2, 0) is 0 Å². The number of carbonyl (C=O) groups is 1. The second-order valence-electron chi connectivity index (χ2n) is 4.52. The molecule has 1 N–H and O–H groups in total. The van der Waals surface area contributed by atoms with E-state index in [4.69, 9.17) is 11.6 Å². The van der Waals surface area contributed by atoms with Crippen LogP contribution in [0.3, 0.4) is 0 Å². The summed E-state index contributed by atoms with van der Waals surface area (Å²) in [6.07, 6.45) is 2.20. The Morgan fingerprint density at radius 3 is 2.78 bits per heavy atom. The number of nitrogens with zero attached hydrogens (tertiary/aromatic N) is 1. The Hall–Kier alpha value is -1.62. The number of carbonyl (C=O) groups excluding carboxylic acids is 1. The molecule has 1 atom stereocenters. The number of benzene rings is 1.